The molecule has 0 amide bonds. The number of hydrogen-bond acceptors (Lipinski definition) is 4. The number of hydrogen-bond donors (Lipinski definition) is 1. The van der Waals surface area contributed by atoms with Gasteiger partial charge in [-0.05, 0) is 30.2 Å². The van der Waals surface area contributed by atoms with Crippen LogP contribution in [0, 0.1) is 6.92 Å². The predicted octanol–water partition coefficient (Wildman–Crippen LogP) is 4.37. The molecular weight excluding hydrogens is 371 g/mol. The maximum Gasteiger partial charge on any atom is 0.416 e. The van der Waals surface area contributed by atoms with Gasteiger partial charge in [-0.1, -0.05) is 36.4 Å². The van der Waals surface area contributed by atoms with Crippen molar-refractivity contribution in [3.63, 3.8) is 0 Å². The minimum Gasteiger partial charge on any atom is -0.490 e. The average molecular weight is 389 g/mol. The van der Waals surface area contributed by atoms with E-state index < -0.39 is 17.3 Å². The van der Waals surface area contributed by atoms with Crippen LogP contribution in [-0.4, -0.2) is 16.7 Å². The summed E-state index contributed by atoms with van der Waals surface area (Å²) < 4.78 is 45.8. The smallest absolute Gasteiger partial charge is 0.416 e. The number of alkyl halides is 3. The highest BCUT2D eigenvalue weighted by atomic mass is 19.4. The van der Waals surface area contributed by atoms with E-state index in [-0.39, 0.29) is 17.4 Å². The highest BCUT2D eigenvalue weighted by Gasteiger charge is 2.30. The van der Waals surface area contributed by atoms with Gasteiger partial charge < -0.3 is 14.6 Å². The Hall–Kier alpha value is -3.29. The van der Waals surface area contributed by atoms with E-state index in [0.717, 1.165) is 17.7 Å². The molecule has 0 atom stereocenters. The van der Waals surface area contributed by atoms with Crippen molar-refractivity contribution in [2.45, 2.75) is 19.6 Å². The number of nitrogens with zero attached hydrogens (tertiary/aromatic N) is 2. The second kappa shape index (κ2) is 7.75. The standard InChI is InChI=1S/C20H18F3N3O2/c1-13-8-9-15(20(21,22)23)10-16(13)24-19-25-18(27)17(28-2)12-26(19)11-14-6-4-3-5-7-14/h3-10,12H,11H2,1-2H3,(H,24,25,27). The number of benzene rings is 2. The van der Waals surface area contributed by atoms with Crippen LogP contribution in [0.2, 0.25) is 0 Å². The first kappa shape index (κ1) is 19.5. The number of nitrogens with one attached hydrogen (secondary N) is 1. The van der Waals surface area contributed by atoms with Crippen molar-refractivity contribution < 1.29 is 17.9 Å². The van der Waals surface area contributed by atoms with Crippen LogP contribution in [0.3, 0.4) is 0 Å². The normalized spacial score (nSPS) is 11.3. The van der Waals surface area contributed by atoms with E-state index in [0.29, 0.717) is 12.1 Å². The second-order valence-electron chi connectivity index (χ2n) is 6.20. The molecule has 0 aliphatic heterocycles. The van der Waals surface area contributed by atoms with E-state index in [4.69, 9.17) is 4.74 Å². The van der Waals surface area contributed by atoms with Crippen LogP contribution < -0.4 is 15.6 Å². The number of methoxy groups -OCH3 is 1. The first-order valence-corrected chi connectivity index (χ1v) is 8.42. The van der Waals surface area contributed by atoms with Gasteiger partial charge in [-0.25, -0.2) is 0 Å². The molecule has 0 saturated carbocycles. The van der Waals surface area contributed by atoms with Gasteiger partial charge in [-0.15, -0.1) is 0 Å². The highest BCUT2D eigenvalue weighted by Crippen LogP contribution is 2.32. The summed E-state index contributed by atoms with van der Waals surface area (Å²) in [4.78, 5) is 16.1. The lowest BCUT2D eigenvalue weighted by molar-refractivity contribution is -0.137. The van der Waals surface area contributed by atoms with Gasteiger partial charge in [0.2, 0.25) is 11.7 Å². The molecule has 3 aromatic rings. The summed E-state index contributed by atoms with van der Waals surface area (Å²) in [5.41, 5.74) is 0.335. The van der Waals surface area contributed by atoms with Gasteiger partial charge in [-0.3, -0.25) is 4.79 Å². The van der Waals surface area contributed by atoms with Crippen LogP contribution in [-0.2, 0) is 12.7 Å². The van der Waals surface area contributed by atoms with Gasteiger partial charge in [-0.2, -0.15) is 18.2 Å². The summed E-state index contributed by atoms with van der Waals surface area (Å²) in [6.07, 6.45) is -2.99. The Morgan fingerprint density at radius 1 is 1.14 bits per heavy atom. The van der Waals surface area contributed by atoms with E-state index >= 15 is 0 Å². The quantitative estimate of drug-likeness (QED) is 0.704. The third-order valence-electron chi connectivity index (χ3n) is 4.19. The number of rotatable bonds is 5. The summed E-state index contributed by atoms with van der Waals surface area (Å²) in [7, 11) is 1.36. The fourth-order valence-electron chi connectivity index (χ4n) is 2.67. The molecule has 0 saturated heterocycles. The minimum atomic E-state index is -4.47. The Bertz CT molecular complexity index is 1030. The van der Waals surface area contributed by atoms with Gasteiger partial charge in [0.1, 0.15) is 0 Å². The highest BCUT2D eigenvalue weighted by molar-refractivity contribution is 5.60. The number of aromatic nitrogens is 2. The summed E-state index contributed by atoms with van der Waals surface area (Å²) >= 11 is 0. The molecule has 28 heavy (non-hydrogen) atoms. The number of halogens is 3. The monoisotopic (exact) mass is 389 g/mol. The summed E-state index contributed by atoms with van der Waals surface area (Å²) in [5.74, 6) is 0.166. The van der Waals surface area contributed by atoms with E-state index in [1.807, 2.05) is 30.3 Å². The Morgan fingerprint density at radius 2 is 1.86 bits per heavy atom. The molecule has 8 heteroatoms. The van der Waals surface area contributed by atoms with E-state index in [2.05, 4.69) is 10.3 Å². The predicted molar refractivity (Wildman–Crippen MR) is 100 cm³/mol. The molecule has 0 spiro atoms. The van der Waals surface area contributed by atoms with Gasteiger partial charge in [0.25, 0.3) is 0 Å². The zero-order valence-electron chi connectivity index (χ0n) is 15.2. The van der Waals surface area contributed by atoms with Gasteiger partial charge in [0.15, 0.2) is 0 Å². The minimum absolute atomic E-state index is 0.0437. The molecule has 1 heterocycles. The lowest BCUT2D eigenvalue weighted by Gasteiger charge is -2.17. The van der Waals surface area contributed by atoms with Crippen LogP contribution in [0.5, 0.6) is 5.75 Å². The van der Waals surface area contributed by atoms with E-state index in [1.54, 1.807) is 11.5 Å². The lowest BCUT2D eigenvalue weighted by atomic mass is 10.1. The lowest BCUT2D eigenvalue weighted by Crippen LogP contribution is -2.19. The molecule has 0 bridgehead atoms. The van der Waals surface area contributed by atoms with Crippen molar-refractivity contribution in [3.8, 4) is 5.75 Å². The molecule has 0 aliphatic carbocycles. The van der Waals surface area contributed by atoms with Crippen LogP contribution in [0.25, 0.3) is 0 Å². The molecule has 1 aromatic heterocycles. The molecular formula is C20H18F3N3O2. The molecule has 3 rings (SSSR count). The Labute approximate surface area is 159 Å². The van der Waals surface area contributed by atoms with E-state index in [9.17, 15) is 18.0 Å². The molecule has 0 unspecified atom stereocenters. The van der Waals surface area contributed by atoms with Gasteiger partial charge in [0, 0.05) is 5.69 Å². The molecule has 1 N–H and O–H groups in total. The number of ether oxygens (including phenoxy) is 1. The van der Waals surface area contributed by atoms with E-state index in [1.165, 1.54) is 19.4 Å². The van der Waals surface area contributed by atoms with Crippen molar-refractivity contribution in [2.75, 3.05) is 12.4 Å². The zero-order valence-corrected chi connectivity index (χ0v) is 15.2. The largest absolute Gasteiger partial charge is 0.490 e. The maximum atomic E-state index is 13.1. The molecule has 5 nitrogen and oxygen atoms in total. The van der Waals surface area contributed by atoms with Crippen molar-refractivity contribution >= 4 is 11.6 Å². The summed E-state index contributed by atoms with van der Waals surface area (Å²) in [6, 6.07) is 12.8. The Balaban J connectivity index is 2.04. The fraction of sp³-hybridized carbons (Fsp3) is 0.200. The second-order valence-corrected chi connectivity index (χ2v) is 6.20. The molecule has 0 aliphatic rings. The topological polar surface area (TPSA) is 56.1 Å². The van der Waals surface area contributed by atoms with Crippen molar-refractivity contribution in [2.24, 2.45) is 0 Å². The van der Waals surface area contributed by atoms with Crippen LogP contribution in [0.4, 0.5) is 24.8 Å². The SMILES string of the molecule is COc1cn(Cc2ccccc2)c(Nc2cc(C(F)(F)F)ccc2C)nc1=O. The maximum absolute atomic E-state index is 13.1. The Morgan fingerprint density at radius 3 is 2.50 bits per heavy atom. The summed E-state index contributed by atoms with van der Waals surface area (Å²) in [5, 5.41) is 2.86. The van der Waals surface area contributed by atoms with Crippen LogP contribution in [0.15, 0.2) is 59.5 Å². The van der Waals surface area contributed by atoms with Crippen molar-refractivity contribution in [1.29, 1.82) is 0 Å². The van der Waals surface area contributed by atoms with Crippen molar-refractivity contribution in [1.82, 2.24) is 9.55 Å². The third kappa shape index (κ3) is 4.33. The number of anilines is 2. The summed E-state index contributed by atoms with van der Waals surface area (Å²) in [6.45, 7) is 2.02. The first-order chi connectivity index (χ1) is 13.3. The Kier molecular flexibility index (Phi) is 5.39. The van der Waals surface area contributed by atoms with Crippen LogP contribution in [0.1, 0.15) is 16.7 Å². The molecule has 0 radical (unpaired) electrons. The molecule has 146 valence electrons. The van der Waals surface area contributed by atoms with Crippen molar-refractivity contribution in [3.05, 3.63) is 81.8 Å². The van der Waals surface area contributed by atoms with Gasteiger partial charge >= 0.3 is 11.7 Å². The first-order valence-electron chi connectivity index (χ1n) is 8.42. The number of aryl methyl sites for hydroxylation is 1. The zero-order chi connectivity index (χ0) is 20.3. The third-order valence-corrected chi connectivity index (χ3v) is 4.19. The fourth-order valence-corrected chi connectivity index (χ4v) is 2.67. The molecule has 0 fully saturated rings. The average Bonchev–Trinajstić information content (AvgIpc) is 2.65. The molecule has 2 aromatic carbocycles. The van der Waals surface area contributed by atoms with Crippen LogP contribution >= 0.6 is 0 Å². The van der Waals surface area contributed by atoms with Gasteiger partial charge in [0.05, 0.1) is 25.4 Å².